The second-order valence-corrected chi connectivity index (χ2v) is 4.97. The Balaban J connectivity index is 2.10. The van der Waals surface area contributed by atoms with Crippen LogP contribution in [0.15, 0.2) is 18.2 Å². The van der Waals surface area contributed by atoms with E-state index in [1.165, 1.54) is 25.3 Å². The molecule has 0 spiro atoms. The van der Waals surface area contributed by atoms with E-state index in [9.17, 15) is 4.79 Å². The first-order chi connectivity index (χ1) is 8.58. The number of rotatable bonds is 3. The van der Waals surface area contributed by atoms with Gasteiger partial charge in [0.2, 0.25) is 0 Å². The summed E-state index contributed by atoms with van der Waals surface area (Å²) < 4.78 is 5.91. The third-order valence-corrected chi connectivity index (χ3v) is 3.57. The minimum Gasteiger partial charge on any atom is -0.490 e. The van der Waals surface area contributed by atoms with Crippen LogP contribution in [0.25, 0.3) is 0 Å². The summed E-state index contributed by atoms with van der Waals surface area (Å²) in [5, 5.41) is 8.90. The Kier molecular flexibility index (Phi) is 3.75. The first kappa shape index (κ1) is 12.7. The highest BCUT2D eigenvalue weighted by Crippen LogP contribution is 2.29. The van der Waals surface area contributed by atoms with Crippen LogP contribution in [0.1, 0.15) is 43.0 Å². The highest BCUT2D eigenvalue weighted by Gasteiger charge is 2.23. The Hall–Kier alpha value is -1.71. The molecule has 2 rings (SSSR count). The van der Waals surface area contributed by atoms with E-state index in [0.29, 0.717) is 11.7 Å². The summed E-state index contributed by atoms with van der Waals surface area (Å²) in [6.45, 7) is 2.19. The lowest BCUT2D eigenvalue weighted by atomic mass is 9.88. The highest BCUT2D eigenvalue weighted by atomic mass is 16.5. The smallest absolute Gasteiger partial charge is 0.337 e. The van der Waals surface area contributed by atoms with Crippen molar-refractivity contribution in [2.24, 2.45) is 5.92 Å². The zero-order chi connectivity index (χ0) is 13.1. The molecule has 18 heavy (non-hydrogen) atoms. The molecule has 2 atom stereocenters. The van der Waals surface area contributed by atoms with E-state index >= 15 is 0 Å². The second-order valence-electron chi connectivity index (χ2n) is 4.97. The van der Waals surface area contributed by atoms with Crippen molar-refractivity contribution in [1.82, 2.24) is 0 Å². The fourth-order valence-electron chi connectivity index (χ4n) is 2.44. The first-order valence-electron chi connectivity index (χ1n) is 6.37. The summed E-state index contributed by atoms with van der Waals surface area (Å²) in [5.41, 5.74) is 6.08. The number of anilines is 1. The predicted octanol–water partition coefficient (Wildman–Crippen LogP) is 2.92. The standard InChI is InChI=1S/C14H19NO3/c1-9-4-2-3-5-13(9)18-10-6-7-11(14(16)17)12(15)8-10/h6-9,13H,2-5,15H2,1H3,(H,16,17). The molecule has 2 unspecified atom stereocenters. The van der Waals surface area contributed by atoms with Crippen LogP contribution in [0.5, 0.6) is 5.75 Å². The maximum atomic E-state index is 10.9. The van der Waals surface area contributed by atoms with Gasteiger partial charge < -0.3 is 15.6 Å². The van der Waals surface area contributed by atoms with E-state index < -0.39 is 5.97 Å². The van der Waals surface area contributed by atoms with E-state index in [2.05, 4.69) is 6.92 Å². The van der Waals surface area contributed by atoms with Crippen molar-refractivity contribution in [3.63, 3.8) is 0 Å². The number of nitrogen functional groups attached to an aromatic ring is 1. The van der Waals surface area contributed by atoms with Gasteiger partial charge in [-0.3, -0.25) is 0 Å². The van der Waals surface area contributed by atoms with Crippen LogP contribution in [-0.4, -0.2) is 17.2 Å². The highest BCUT2D eigenvalue weighted by molar-refractivity contribution is 5.93. The molecular formula is C14H19NO3. The van der Waals surface area contributed by atoms with Crippen molar-refractivity contribution in [1.29, 1.82) is 0 Å². The number of carboxylic acids is 1. The summed E-state index contributed by atoms with van der Waals surface area (Å²) in [6.07, 6.45) is 4.92. The average Bonchev–Trinajstić information content (AvgIpc) is 2.32. The predicted molar refractivity (Wildman–Crippen MR) is 69.9 cm³/mol. The van der Waals surface area contributed by atoms with E-state index in [1.54, 1.807) is 12.1 Å². The second kappa shape index (κ2) is 5.29. The molecule has 0 saturated heterocycles. The number of carbonyl (C=O) groups is 1. The molecule has 0 bridgehead atoms. The van der Waals surface area contributed by atoms with Gasteiger partial charge in [0.15, 0.2) is 0 Å². The van der Waals surface area contributed by atoms with Gasteiger partial charge in [0.05, 0.1) is 5.56 Å². The molecule has 98 valence electrons. The van der Waals surface area contributed by atoms with Gasteiger partial charge in [-0.1, -0.05) is 13.3 Å². The van der Waals surface area contributed by atoms with E-state index in [4.69, 9.17) is 15.6 Å². The molecule has 0 radical (unpaired) electrons. The van der Waals surface area contributed by atoms with Crippen LogP contribution >= 0.6 is 0 Å². The van der Waals surface area contributed by atoms with E-state index in [0.717, 1.165) is 6.42 Å². The maximum Gasteiger partial charge on any atom is 0.337 e. The Bertz CT molecular complexity index is 445. The third kappa shape index (κ3) is 2.75. The number of hydrogen-bond acceptors (Lipinski definition) is 3. The third-order valence-electron chi connectivity index (χ3n) is 3.57. The first-order valence-corrected chi connectivity index (χ1v) is 6.37. The summed E-state index contributed by atoms with van der Waals surface area (Å²) in [7, 11) is 0. The molecule has 4 heteroatoms. The molecule has 0 aliphatic heterocycles. The molecule has 1 aromatic carbocycles. The Morgan fingerprint density at radius 3 is 2.72 bits per heavy atom. The van der Waals surface area contributed by atoms with Crippen LogP contribution < -0.4 is 10.5 Å². The topological polar surface area (TPSA) is 72.5 Å². The molecule has 1 saturated carbocycles. The maximum absolute atomic E-state index is 10.9. The largest absolute Gasteiger partial charge is 0.490 e. The zero-order valence-corrected chi connectivity index (χ0v) is 10.6. The summed E-state index contributed by atoms with van der Waals surface area (Å²) in [4.78, 5) is 10.9. The Morgan fingerprint density at radius 1 is 1.39 bits per heavy atom. The lowest BCUT2D eigenvalue weighted by Crippen LogP contribution is -2.28. The molecule has 1 fully saturated rings. The number of nitrogens with two attached hydrogens (primary N) is 1. The molecule has 1 aromatic rings. The normalized spacial score (nSPS) is 23.6. The Labute approximate surface area is 107 Å². The molecule has 1 aliphatic carbocycles. The molecule has 3 N–H and O–H groups in total. The van der Waals surface area contributed by atoms with Crippen molar-refractivity contribution < 1.29 is 14.6 Å². The molecule has 0 aromatic heterocycles. The summed E-state index contributed by atoms with van der Waals surface area (Å²) >= 11 is 0. The van der Waals surface area contributed by atoms with Gasteiger partial charge in [0.25, 0.3) is 0 Å². The van der Waals surface area contributed by atoms with Gasteiger partial charge in [-0.2, -0.15) is 0 Å². The van der Waals surface area contributed by atoms with Crippen LogP contribution in [0.4, 0.5) is 5.69 Å². The molecule has 0 amide bonds. The van der Waals surface area contributed by atoms with Gasteiger partial charge >= 0.3 is 5.97 Å². The minimum atomic E-state index is -1.01. The number of hydrogen-bond donors (Lipinski definition) is 2. The van der Waals surface area contributed by atoms with Gasteiger partial charge in [-0.25, -0.2) is 4.79 Å². The SMILES string of the molecule is CC1CCCCC1Oc1ccc(C(=O)O)c(N)c1. The molecule has 0 heterocycles. The van der Waals surface area contributed by atoms with Crippen LogP contribution in [0.3, 0.4) is 0 Å². The fraction of sp³-hybridized carbons (Fsp3) is 0.500. The van der Waals surface area contributed by atoms with E-state index in [-0.39, 0.29) is 17.4 Å². The van der Waals surface area contributed by atoms with Crippen molar-refractivity contribution in [2.75, 3.05) is 5.73 Å². The average molecular weight is 249 g/mol. The molecule has 1 aliphatic rings. The van der Waals surface area contributed by atoms with Gasteiger partial charge in [0.1, 0.15) is 11.9 Å². The van der Waals surface area contributed by atoms with Crippen molar-refractivity contribution >= 4 is 11.7 Å². The molecule has 4 nitrogen and oxygen atoms in total. The van der Waals surface area contributed by atoms with Crippen molar-refractivity contribution in [3.8, 4) is 5.75 Å². The minimum absolute atomic E-state index is 0.124. The van der Waals surface area contributed by atoms with Crippen LogP contribution in [-0.2, 0) is 0 Å². The number of ether oxygens (including phenoxy) is 1. The number of benzene rings is 1. The quantitative estimate of drug-likeness (QED) is 0.808. The summed E-state index contributed by atoms with van der Waals surface area (Å²) in [5.74, 6) is 0.195. The van der Waals surface area contributed by atoms with Crippen molar-refractivity contribution in [3.05, 3.63) is 23.8 Å². The lowest BCUT2D eigenvalue weighted by Gasteiger charge is -2.29. The number of aromatic carboxylic acids is 1. The Morgan fingerprint density at radius 2 is 2.11 bits per heavy atom. The summed E-state index contributed by atoms with van der Waals surface area (Å²) in [6, 6.07) is 4.78. The van der Waals surface area contributed by atoms with Crippen LogP contribution in [0, 0.1) is 5.92 Å². The molecular weight excluding hydrogens is 230 g/mol. The van der Waals surface area contributed by atoms with Gasteiger partial charge in [0, 0.05) is 11.8 Å². The fourth-order valence-corrected chi connectivity index (χ4v) is 2.44. The zero-order valence-electron chi connectivity index (χ0n) is 10.6. The number of carboxylic acid groups (broad SMARTS) is 1. The van der Waals surface area contributed by atoms with Crippen molar-refractivity contribution in [2.45, 2.75) is 38.7 Å². The van der Waals surface area contributed by atoms with Gasteiger partial charge in [-0.15, -0.1) is 0 Å². The van der Waals surface area contributed by atoms with E-state index in [1.807, 2.05) is 0 Å². The lowest BCUT2D eigenvalue weighted by molar-refractivity contribution is 0.0698. The van der Waals surface area contributed by atoms with Gasteiger partial charge in [-0.05, 0) is 37.3 Å². The monoisotopic (exact) mass is 249 g/mol. The van der Waals surface area contributed by atoms with Crippen LogP contribution in [0.2, 0.25) is 0 Å².